The summed E-state index contributed by atoms with van der Waals surface area (Å²) >= 11 is 0. The zero-order chi connectivity index (χ0) is 10.6. The first-order valence-corrected chi connectivity index (χ1v) is 5.05. The summed E-state index contributed by atoms with van der Waals surface area (Å²) in [5.41, 5.74) is -0.872. The van der Waals surface area contributed by atoms with Crippen LogP contribution >= 0.6 is 0 Å². The summed E-state index contributed by atoms with van der Waals surface area (Å²) in [5.74, 6) is -0.855. The molecule has 0 bridgehead atoms. The Morgan fingerprint density at radius 3 is 2.50 bits per heavy atom. The lowest BCUT2D eigenvalue weighted by molar-refractivity contribution is -0.232. The van der Waals surface area contributed by atoms with Crippen LogP contribution < -0.4 is 0 Å². The van der Waals surface area contributed by atoms with Crippen LogP contribution in [0.4, 0.5) is 0 Å². The molecule has 1 saturated heterocycles. The molecule has 4 nitrogen and oxygen atoms in total. The van der Waals surface area contributed by atoms with Crippen LogP contribution in [0.2, 0.25) is 0 Å². The fourth-order valence-electron chi connectivity index (χ4n) is 1.30. The van der Waals surface area contributed by atoms with Crippen molar-refractivity contribution in [1.82, 2.24) is 0 Å². The highest BCUT2D eigenvalue weighted by atomic mass is 16.7. The molecular weight excluding hydrogens is 184 g/mol. The predicted octanol–water partition coefficient (Wildman–Crippen LogP) is 1.64. The summed E-state index contributed by atoms with van der Waals surface area (Å²) in [6, 6.07) is 0. The minimum atomic E-state index is -0.872. The second kappa shape index (κ2) is 4.75. The van der Waals surface area contributed by atoms with E-state index in [0.29, 0.717) is 0 Å². The third-order valence-corrected chi connectivity index (χ3v) is 2.49. The topological polar surface area (TPSA) is 55.8 Å². The second-order valence-corrected chi connectivity index (χ2v) is 4.06. The molecule has 14 heavy (non-hydrogen) atoms. The van der Waals surface area contributed by atoms with Crippen molar-refractivity contribution in [2.75, 3.05) is 13.2 Å². The normalized spacial score (nSPS) is 32.9. The van der Waals surface area contributed by atoms with Gasteiger partial charge in [-0.25, -0.2) is 0 Å². The number of hydrogen-bond acceptors (Lipinski definition) is 3. The molecule has 0 radical (unpaired) electrons. The first-order chi connectivity index (χ1) is 6.58. The van der Waals surface area contributed by atoms with Crippen molar-refractivity contribution in [2.45, 2.75) is 39.4 Å². The fraction of sp³-hybridized carbons (Fsp3) is 0.900. The van der Waals surface area contributed by atoms with Gasteiger partial charge in [-0.15, -0.1) is 0 Å². The van der Waals surface area contributed by atoms with Crippen LogP contribution in [0, 0.1) is 5.41 Å². The van der Waals surface area contributed by atoms with Crippen molar-refractivity contribution in [3.05, 3.63) is 0 Å². The SMILES string of the molecule is CCCCC1OCC(C)(C(=O)O)CO1. The molecule has 1 rings (SSSR count). The van der Waals surface area contributed by atoms with E-state index < -0.39 is 11.4 Å². The van der Waals surface area contributed by atoms with Gasteiger partial charge < -0.3 is 14.6 Å². The highest BCUT2D eigenvalue weighted by Gasteiger charge is 2.39. The number of ether oxygens (including phenoxy) is 2. The molecule has 0 aromatic heterocycles. The zero-order valence-corrected chi connectivity index (χ0v) is 8.78. The molecule has 0 aromatic rings. The van der Waals surface area contributed by atoms with E-state index in [1.807, 2.05) is 0 Å². The summed E-state index contributed by atoms with van der Waals surface area (Å²) in [6.07, 6.45) is 2.79. The van der Waals surface area contributed by atoms with E-state index in [0.717, 1.165) is 19.3 Å². The van der Waals surface area contributed by atoms with Crippen LogP contribution in [0.1, 0.15) is 33.1 Å². The average Bonchev–Trinajstić information content (AvgIpc) is 2.17. The van der Waals surface area contributed by atoms with Gasteiger partial charge >= 0.3 is 5.97 Å². The van der Waals surface area contributed by atoms with Gasteiger partial charge in [0.25, 0.3) is 0 Å². The highest BCUT2D eigenvalue weighted by molar-refractivity contribution is 5.74. The molecule has 1 fully saturated rings. The van der Waals surface area contributed by atoms with Crippen LogP contribution in [0.3, 0.4) is 0 Å². The summed E-state index contributed by atoms with van der Waals surface area (Å²) in [6.45, 7) is 4.24. The molecule has 0 unspecified atom stereocenters. The van der Waals surface area contributed by atoms with Gasteiger partial charge in [0.05, 0.1) is 13.2 Å². The maximum absolute atomic E-state index is 10.8. The summed E-state index contributed by atoms with van der Waals surface area (Å²) in [4.78, 5) is 10.8. The average molecular weight is 202 g/mol. The van der Waals surface area contributed by atoms with E-state index in [1.54, 1.807) is 6.92 Å². The van der Waals surface area contributed by atoms with E-state index >= 15 is 0 Å². The lowest BCUT2D eigenvalue weighted by Gasteiger charge is -2.34. The first-order valence-electron chi connectivity index (χ1n) is 5.05. The van der Waals surface area contributed by atoms with Crippen molar-refractivity contribution < 1.29 is 19.4 Å². The molecule has 0 aromatic carbocycles. The van der Waals surface area contributed by atoms with Gasteiger partial charge in [-0.3, -0.25) is 4.79 Å². The van der Waals surface area contributed by atoms with E-state index in [2.05, 4.69) is 6.92 Å². The second-order valence-electron chi connectivity index (χ2n) is 4.06. The van der Waals surface area contributed by atoms with Crippen LogP contribution in [0.5, 0.6) is 0 Å². The van der Waals surface area contributed by atoms with Gasteiger partial charge in [0.2, 0.25) is 0 Å². The van der Waals surface area contributed by atoms with E-state index in [9.17, 15) is 4.79 Å². The lowest BCUT2D eigenvalue weighted by Crippen LogP contribution is -2.44. The molecular formula is C10H18O4. The van der Waals surface area contributed by atoms with Gasteiger partial charge in [0.1, 0.15) is 5.41 Å². The van der Waals surface area contributed by atoms with Crippen molar-refractivity contribution in [3.63, 3.8) is 0 Å². The fourth-order valence-corrected chi connectivity index (χ4v) is 1.30. The first kappa shape index (κ1) is 11.5. The van der Waals surface area contributed by atoms with E-state index in [1.165, 1.54) is 0 Å². The smallest absolute Gasteiger partial charge is 0.314 e. The van der Waals surface area contributed by atoms with Crippen molar-refractivity contribution in [2.24, 2.45) is 5.41 Å². The molecule has 0 saturated carbocycles. The molecule has 1 N–H and O–H groups in total. The third kappa shape index (κ3) is 2.69. The van der Waals surface area contributed by atoms with E-state index in [-0.39, 0.29) is 19.5 Å². The Balaban J connectivity index is 2.34. The quantitative estimate of drug-likeness (QED) is 0.753. The van der Waals surface area contributed by atoms with Crippen LogP contribution in [0.25, 0.3) is 0 Å². The highest BCUT2D eigenvalue weighted by Crippen LogP contribution is 2.25. The van der Waals surface area contributed by atoms with Gasteiger partial charge in [-0.05, 0) is 19.8 Å². The monoisotopic (exact) mass is 202 g/mol. The number of aliphatic carboxylic acids is 1. The van der Waals surface area contributed by atoms with E-state index in [4.69, 9.17) is 14.6 Å². The standard InChI is InChI=1S/C10H18O4/c1-3-4-5-8-13-6-10(2,7-14-8)9(11)12/h8H,3-7H2,1-2H3,(H,11,12). The Morgan fingerprint density at radius 1 is 1.50 bits per heavy atom. The van der Waals surface area contributed by atoms with Gasteiger partial charge in [0.15, 0.2) is 6.29 Å². The summed E-state index contributed by atoms with van der Waals surface area (Å²) in [7, 11) is 0. The zero-order valence-electron chi connectivity index (χ0n) is 8.78. The Hall–Kier alpha value is -0.610. The number of carboxylic acid groups (broad SMARTS) is 1. The summed E-state index contributed by atoms with van der Waals surface area (Å²) < 4.78 is 10.7. The number of carbonyl (C=O) groups is 1. The molecule has 0 amide bonds. The third-order valence-electron chi connectivity index (χ3n) is 2.49. The molecule has 1 aliphatic rings. The van der Waals surface area contributed by atoms with Gasteiger partial charge in [0, 0.05) is 0 Å². The largest absolute Gasteiger partial charge is 0.481 e. The predicted molar refractivity (Wildman–Crippen MR) is 51.0 cm³/mol. The maximum atomic E-state index is 10.8. The molecule has 1 aliphatic heterocycles. The van der Waals surface area contributed by atoms with Crippen molar-refractivity contribution in [1.29, 1.82) is 0 Å². The number of unbranched alkanes of at least 4 members (excludes halogenated alkanes) is 1. The van der Waals surface area contributed by atoms with Crippen LogP contribution in [0.15, 0.2) is 0 Å². The van der Waals surface area contributed by atoms with Crippen LogP contribution in [-0.2, 0) is 14.3 Å². The van der Waals surface area contributed by atoms with Gasteiger partial charge in [-0.2, -0.15) is 0 Å². The minimum absolute atomic E-state index is 0.206. The Morgan fingerprint density at radius 2 is 2.07 bits per heavy atom. The Kier molecular flexibility index (Phi) is 3.89. The molecule has 0 spiro atoms. The molecule has 82 valence electrons. The molecule has 0 atom stereocenters. The molecule has 4 heteroatoms. The van der Waals surface area contributed by atoms with Crippen molar-refractivity contribution >= 4 is 5.97 Å². The Labute approximate surface area is 84.2 Å². The number of hydrogen-bond donors (Lipinski definition) is 1. The number of carboxylic acids is 1. The molecule has 1 heterocycles. The molecule has 0 aliphatic carbocycles. The summed E-state index contributed by atoms with van der Waals surface area (Å²) in [5, 5.41) is 8.90. The maximum Gasteiger partial charge on any atom is 0.314 e. The Bertz CT molecular complexity index is 194. The van der Waals surface area contributed by atoms with Crippen LogP contribution in [-0.4, -0.2) is 30.6 Å². The minimum Gasteiger partial charge on any atom is -0.481 e. The van der Waals surface area contributed by atoms with Gasteiger partial charge in [-0.1, -0.05) is 13.3 Å². The lowest BCUT2D eigenvalue weighted by atomic mass is 9.92. The number of rotatable bonds is 4. The van der Waals surface area contributed by atoms with Crippen molar-refractivity contribution in [3.8, 4) is 0 Å².